The van der Waals surface area contributed by atoms with Crippen molar-refractivity contribution < 1.29 is 14.3 Å². The van der Waals surface area contributed by atoms with Crippen LogP contribution in [0.4, 0.5) is 10.1 Å². The van der Waals surface area contributed by atoms with Gasteiger partial charge in [-0.2, -0.15) is 0 Å². The number of carbonyl (C=O) groups is 1. The molecule has 0 bridgehead atoms. The van der Waals surface area contributed by atoms with Crippen molar-refractivity contribution in [2.24, 2.45) is 0 Å². The second-order valence-corrected chi connectivity index (χ2v) is 5.50. The summed E-state index contributed by atoms with van der Waals surface area (Å²) >= 11 is 1.56. The summed E-state index contributed by atoms with van der Waals surface area (Å²) in [6, 6.07) is 3.99. The van der Waals surface area contributed by atoms with Gasteiger partial charge < -0.3 is 10.4 Å². The van der Waals surface area contributed by atoms with Crippen LogP contribution in [-0.4, -0.2) is 16.1 Å². The summed E-state index contributed by atoms with van der Waals surface area (Å²) in [5.41, 5.74) is -0.0788. The van der Waals surface area contributed by atoms with Crippen LogP contribution in [0.15, 0.2) is 24.4 Å². The molecular weight excluding hydrogens is 279 g/mol. The van der Waals surface area contributed by atoms with Gasteiger partial charge in [0.25, 0.3) is 0 Å². The molecule has 6 heteroatoms. The fourth-order valence-electron chi connectivity index (χ4n) is 1.84. The molecular formula is C14H15FN2O2S. The van der Waals surface area contributed by atoms with Crippen molar-refractivity contribution in [2.45, 2.75) is 26.3 Å². The summed E-state index contributed by atoms with van der Waals surface area (Å²) in [7, 11) is 0. The molecule has 0 saturated carbocycles. The van der Waals surface area contributed by atoms with Gasteiger partial charge in [-0.15, -0.1) is 11.3 Å². The molecule has 0 aliphatic carbocycles. The number of anilines is 1. The zero-order valence-corrected chi connectivity index (χ0v) is 12.0. The van der Waals surface area contributed by atoms with Crippen LogP contribution in [-0.2, 0) is 6.42 Å². The van der Waals surface area contributed by atoms with Crippen molar-refractivity contribution in [3.63, 3.8) is 0 Å². The quantitative estimate of drug-likeness (QED) is 0.882. The maximum atomic E-state index is 13.6. The van der Waals surface area contributed by atoms with Crippen molar-refractivity contribution in [3.05, 3.63) is 45.7 Å². The van der Waals surface area contributed by atoms with Crippen LogP contribution >= 0.6 is 11.3 Å². The molecule has 0 radical (unpaired) electrons. The highest BCUT2D eigenvalue weighted by atomic mass is 32.1. The second-order valence-electron chi connectivity index (χ2n) is 4.35. The van der Waals surface area contributed by atoms with Gasteiger partial charge in [0.1, 0.15) is 16.4 Å². The second kappa shape index (κ2) is 6.00. The highest BCUT2D eigenvalue weighted by molar-refractivity contribution is 7.11. The molecule has 0 aliphatic rings. The monoisotopic (exact) mass is 294 g/mol. The van der Waals surface area contributed by atoms with E-state index in [1.165, 1.54) is 6.07 Å². The molecule has 106 valence electrons. The van der Waals surface area contributed by atoms with E-state index in [1.807, 2.05) is 20.0 Å². The van der Waals surface area contributed by atoms with E-state index >= 15 is 0 Å². The topological polar surface area (TPSA) is 62.2 Å². The number of carboxylic acids is 1. The van der Waals surface area contributed by atoms with E-state index in [-0.39, 0.29) is 17.3 Å². The number of nitrogens with zero attached hydrogens (tertiary/aromatic N) is 1. The van der Waals surface area contributed by atoms with Gasteiger partial charge in [0.15, 0.2) is 0 Å². The first-order valence-electron chi connectivity index (χ1n) is 6.25. The lowest BCUT2D eigenvalue weighted by Gasteiger charge is -2.15. The fourth-order valence-corrected chi connectivity index (χ4v) is 2.70. The highest BCUT2D eigenvalue weighted by Crippen LogP contribution is 2.27. The number of carboxylic acid groups (broad SMARTS) is 1. The van der Waals surface area contributed by atoms with Gasteiger partial charge in [0, 0.05) is 11.1 Å². The molecule has 2 aromatic rings. The van der Waals surface area contributed by atoms with Gasteiger partial charge in [0.2, 0.25) is 0 Å². The van der Waals surface area contributed by atoms with Crippen LogP contribution in [0.5, 0.6) is 0 Å². The summed E-state index contributed by atoms with van der Waals surface area (Å²) < 4.78 is 13.6. The zero-order chi connectivity index (χ0) is 14.7. The van der Waals surface area contributed by atoms with E-state index in [0.717, 1.165) is 22.4 Å². The lowest BCUT2D eigenvalue weighted by Crippen LogP contribution is -2.12. The zero-order valence-electron chi connectivity index (χ0n) is 11.2. The summed E-state index contributed by atoms with van der Waals surface area (Å²) in [5, 5.41) is 12.9. The van der Waals surface area contributed by atoms with Crippen LogP contribution in [0.3, 0.4) is 0 Å². The number of hydrogen-bond acceptors (Lipinski definition) is 4. The summed E-state index contributed by atoms with van der Waals surface area (Å²) in [5.74, 6) is -2.03. The molecule has 1 unspecified atom stereocenters. The van der Waals surface area contributed by atoms with E-state index in [9.17, 15) is 9.18 Å². The molecule has 0 amide bonds. The van der Waals surface area contributed by atoms with Gasteiger partial charge in [-0.3, -0.25) is 0 Å². The number of aromatic nitrogens is 1. The van der Waals surface area contributed by atoms with Crippen molar-refractivity contribution in [3.8, 4) is 0 Å². The minimum Gasteiger partial charge on any atom is -0.478 e. The third-order valence-electron chi connectivity index (χ3n) is 2.89. The number of aryl methyl sites for hydroxylation is 1. The Hall–Kier alpha value is -1.95. The molecule has 0 fully saturated rings. The molecule has 1 aromatic carbocycles. The lowest BCUT2D eigenvalue weighted by atomic mass is 10.1. The third-order valence-corrected chi connectivity index (χ3v) is 4.21. The van der Waals surface area contributed by atoms with E-state index in [2.05, 4.69) is 10.3 Å². The van der Waals surface area contributed by atoms with Gasteiger partial charge in [-0.05, 0) is 25.5 Å². The van der Waals surface area contributed by atoms with Crippen LogP contribution in [0.2, 0.25) is 0 Å². The largest absolute Gasteiger partial charge is 0.478 e. The molecule has 2 rings (SSSR count). The van der Waals surface area contributed by atoms with Gasteiger partial charge in [0.05, 0.1) is 11.7 Å². The predicted octanol–water partition coefficient (Wildman–Crippen LogP) is 3.72. The Labute approximate surface area is 120 Å². The van der Waals surface area contributed by atoms with Gasteiger partial charge in [-0.25, -0.2) is 14.2 Å². The van der Waals surface area contributed by atoms with Crippen molar-refractivity contribution in [1.29, 1.82) is 0 Å². The smallest absolute Gasteiger partial charge is 0.340 e. The Bertz CT molecular complexity index is 627. The van der Waals surface area contributed by atoms with Crippen LogP contribution in [0.25, 0.3) is 0 Å². The first kappa shape index (κ1) is 14.5. The SMILES string of the molecule is CCc1cnc(C(C)Nc2cccc(F)c2C(=O)O)s1. The lowest BCUT2D eigenvalue weighted by molar-refractivity contribution is 0.0693. The molecule has 0 spiro atoms. The van der Waals surface area contributed by atoms with Crippen molar-refractivity contribution in [1.82, 2.24) is 4.98 Å². The number of aromatic carboxylic acids is 1. The third kappa shape index (κ3) is 2.96. The minimum absolute atomic E-state index is 0.180. The Balaban J connectivity index is 2.25. The van der Waals surface area contributed by atoms with Gasteiger partial charge in [-0.1, -0.05) is 13.0 Å². The Kier molecular flexibility index (Phi) is 4.34. The Morgan fingerprint density at radius 2 is 2.30 bits per heavy atom. The molecule has 0 aliphatic heterocycles. The van der Waals surface area contributed by atoms with E-state index < -0.39 is 11.8 Å². The first-order valence-corrected chi connectivity index (χ1v) is 7.07. The number of benzene rings is 1. The number of hydrogen-bond donors (Lipinski definition) is 2. The normalized spacial score (nSPS) is 12.2. The Morgan fingerprint density at radius 3 is 2.90 bits per heavy atom. The molecule has 2 N–H and O–H groups in total. The number of rotatable bonds is 5. The summed E-state index contributed by atoms with van der Waals surface area (Å²) in [6.07, 6.45) is 2.71. The molecule has 1 atom stereocenters. The maximum Gasteiger partial charge on any atom is 0.340 e. The number of halogens is 1. The fraction of sp³-hybridized carbons (Fsp3) is 0.286. The Morgan fingerprint density at radius 1 is 1.55 bits per heavy atom. The van der Waals surface area contributed by atoms with Crippen LogP contribution < -0.4 is 5.32 Å². The molecule has 1 aromatic heterocycles. The maximum absolute atomic E-state index is 13.6. The minimum atomic E-state index is -1.29. The van der Waals surface area contributed by atoms with Crippen LogP contribution in [0.1, 0.15) is 40.1 Å². The molecule has 0 saturated heterocycles. The number of nitrogens with one attached hydrogen (secondary N) is 1. The van der Waals surface area contributed by atoms with Crippen LogP contribution in [0, 0.1) is 5.82 Å². The van der Waals surface area contributed by atoms with Crippen molar-refractivity contribution in [2.75, 3.05) is 5.32 Å². The molecule has 4 nitrogen and oxygen atoms in total. The average Bonchev–Trinajstić information content (AvgIpc) is 2.87. The number of thiazole rings is 1. The first-order chi connectivity index (χ1) is 9.52. The summed E-state index contributed by atoms with van der Waals surface area (Å²) in [6.45, 7) is 3.92. The van der Waals surface area contributed by atoms with Gasteiger partial charge >= 0.3 is 5.97 Å². The molecule has 20 heavy (non-hydrogen) atoms. The molecule has 1 heterocycles. The predicted molar refractivity (Wildman–Crippen MR) is 76.9 cm³/mol. The average molecular weight is 294 g/mol. The summed E-state index contributed by atoms with van der Waals surface area (Å²) in [4.78, 5) is 16.6. The van der Waals surface area contributed by atoms with Crippen molar-refractivity contribution >= 4 is 23.0 Å². The van der Waals surface area contributed by atoms with E-state index in [0.29, 0.717) is 0 Å². The van der Waals surface area contributed by atoms with E-state index in [1.54, 1.807) is 17.4 Å². The standard InChI is InChI=1S/C14H15FN2O2S/c1-3-9-7-16-13(20-9)8(2)17-11-6-4-5-10(15)12(11)14(18)19/h4-8,17H,3H2,1-2H3,(H,18,19). The highest BCUT2D eigenvalue weighted by Gasteiger charge is 2.18. The van der Waals surface area contributed by atoms with E-state index in [4.69, 9.17) is 5.11 Å².